The number of fused-ring (bicyclic) bond motifs is 1. The van der Waals surface area contributed by atoms with Crippen molar-refractivity contribution in [3.63, 3.8) is 0 Å². The maximum Gasteiger partial charge on any atom is 0.122 e. The first-order chi connectivity index (χ1) is 8.68. The summed E-state index contributed by atoms with van der Waals surface area (Å²) in [7, 11) is -0.717. The molecule has 18 heavy (non-hydrogen) atoms. The van der Waals surface area contributed by atoms with Crippen LogP contribution in [0.25, 0.3) is 0 Å². The molecule has 3 atom stereocenters. The summed E-state index contributed by atoms with van der Waals surface area (Å²) in [6.07, 6.45) is 2.73. The Kier molecular flexibility index (Phi) is 4.78. The highest BCUT2D eigenvalue weighted by atomic mass is 32.2. The van der Waals surface area contributed by atoms with Crippen molar-refractivity contribution < 1.29 is 8.95 Å². The van der Waals surface area contributed by atoms with Gasteiger partial charge in [0.1, 0.15) is 5.75 Å². The number of para-hydroxylation sites is 1. The van der Waals surface area contributed by atoms with Crippen LogP contribution in [-0.2, 0) is 10.8 Å². The van der Waals surface area contributed by atoms with Crippen molar-refractivity contribution in [2.75, 3.05) is 26.0 Å². The average Bonchev–Trinajstić information content (AvgIpc) is 2.77. The smallest absolute Gasteiger partial charge is 0.122 e. The van der Waals surface area contributed by atoms with Crippen molar-refractivity contribution in [3.8, 4) is 5.75 Å². The van der Waals surface area contributed by atoms with Crippen LogP contribution in [0.5, 0.6) is 5.75 Å². The maximum atomic E-state index is 11.2. The van der Waals surface area contributed by atoms with Gasteiger partial charge in [0.2, 0.25) is 0 Å². The summed E-state index contributed by atoms with van der Waals surface area (Å²) in [6.45, 7) is 4.65. The van der Waals surface area contributed by atoms with E-state index in [1.54, 1.807) is 6.26 Å². The Balaban J connectivity index is 1.74. The number of rotatable bonds is 6. The summed E-state index contributed by atoms with van der Waals surface area (Å²) < 4.78 is 16.9. The lowest BCUT2D eigenvalue weighted by atomic mass is 10.0. The van der Waals surface area contributed by atoms with Gasteiger partial charge in [-0.25, -0.2) is 0 Å². The van der Waals surface area contributed by atoms with Crippen LogP contribution in [0.2, 0.25) is 0 Å². The fourth-order valence-corrected chi connectivity index (χ4v) is 2.60. The van der Waals surface area contributed by atoms with E-state index >= 15 is 0 Å². The molecule has 3 unspecified atom stereocenters. The van der Waals surface area contributed by atoms with Gasteiger partial charge in [0.25, 0.3) is 0 Å². The second-order valence-electron chi connectivity index (χ2n) is 4.85. The van der Waals surface area contributed by atoms with E-state index in [1.165, 1.54) is 5.56 Å². The molecule has 0 saturated heterocycles. The molecule has 1 aromatic carbocycles. The van der Waals surface area contributed by atoms with Gasteiger partial charge >= 0.3 is 0 Å². The molecule has 2 rings (SSSR count). The zero-order chi connectivity index (χ0) is 13.0. The largest absolute Gasteiger partial charge is 0.493 e. The molecule has 0 fully saturated rings. The fourth-order valence-electron chi connectivity index (χ4n) is 2.15. The van der Waals surface area contributed by atoms with E-state index < -0.39 is 10.8 Å². The van der Waals surface area contributed by atoms with Crippen LogP contribution in [0.1, 0.15) is 24.8 Å². The Morgan fingerprint density at radius 3 is 3.06 bits per heavy atom. The highest BCUT2D eigenvalue weighted by Gasteiger charge is 2.22. The second kappa shape index (κ2) is 6.34. The van der Waals surface area contributed by atoms with Crippen LogP contribution in [-0.4, -0.2) is 35.4 Å². The highest BCUT2D eigenvalue weighted by Crippen LogP contribution is 2.32. The summed E-state index contributed by atoms with van der Waals surface area (Å²) in [5.74, 6) is 1.47. The topological polar surface area (TPSA) is 38.3 Å². The van der Waals surface area contributed by atoms with Crippen LogP contribution in [0.4, 0.5) is 0 Å². The number of benzene rings is 1. The minimum absolute atomic E-state index is 0.268. The van der Waals surface area contributed by atoms with E-state index in [1.807, 2.05) is 19.1 Å². The molecule has 1 heterocycles. The van der Waals surface area contributed by atoms with Crippen molar-refractivity contribution in [1.82, 2.24) is 5.32 Å². The van der Waals surface area contributed by atoms with Gasteiger partial charge in [-0.05, 0) is 19.0 Å². The Hall–Kier alpha value is -0.870. The molecule has 1 aliphatic rings. The van der Waals surface area contributed by atoms with Crippen molar-refractivity contribution in [3.05, 3.63) is 29.8 Å². The number of ether oxygens (including phenoxy) is 1. The Labute approximate surface area is 111 Å². The summed E-state index contributed by atoms with van der Waals surface area (Å²) >= 11 is 0. The predicted octanol–water partition coefficient (Wildman–Crippen LogP) is 1.91. The van der Waals surface area contributed by atoms with Crippen LogP contribution in [0.15, 0.2) is 24.3 Å². The molecule has 0 aliphatic carbocycles. The summed E-state index contributed by atoms with van der Waals surface area (Å²) in [6, 6.07) is 8.23. The number of hydrogen-bond acceptors (Lipinski definition) is 3. The quantitative estimate of drug-likeness (QED) is 0.800. The fraction of sp³-hybridized carbons (Fsp3) is 0.571. The van der Waals surface area contributed by atoms with Gasteiger partial charge in [-0.3, -0.25) is 4.21 Å². The predicted molar refractivity (Wildman–Crippen MR) is 75.7 cm³/mol. The Bertz CT molecular complexity index is 422. The van der Waals surface area contributed by atoms with E-state index in [0.717, 1.165) is 31.9 Å². The first-order valence-corrected chi connectivity index (χ1v) is 8.05. The lowest BCUT2D eigenvalue weighted by molar-refractivity contribution is 0.326. The normalized spacial score (nSPS) is 21.1. The molecule has 0 bridgehead atoms. The van der Waals surface area contributed by atoms with Crippen molar-refractivity contribution in [2.24, 2.45) is 0 Å². The standard InChI is InChI=1S/C14H21NO2S/c1-11(18(2)16)7-8-15-9-12-10-17-14-6-4-3-5-13(12)14/h3-6,11-12,15H,7-10H2,1-2H3. The minimum atomic E-state index is -0.717. The van der Waals surface area contributed by atoms with E-state index in [4.69, 9.17) is 4.74 Å². The third-order valence-corrected chi connectivity index (χ3v) is 4.85. The van der Waals surface area contributed by atoms with Crippen LogP contribution in [0.3, 0.4) is 0 Å². The number of nitrogens with one attached hydrogen (secondary N) is 1. The molecule has 0 amide bonds. The third kappa shape index (κ3) is 3.33. The molecule has 4 heteroatoms. The SMILES string of the molecule is CC(CCNCC1COc2ccccc21)S(C)=O. The van der Waals surface area contributed by atoms with Gasteiger partial charge in [0, 0.05) is 40.3 Å². The molecule has 1 N–H and O–H groups in total. The third-order valence-electron chi connectivity index (χ3n) is 3.48. The molecule has 100 valence electrons. The summed E-state index contributed by atoms with van der Waals surface area (Å²) in [5.41, 5.74) is 1.30. The van der Waals surface area contributed by atoms with E-state index in [-0.39, 0.29) is 5.25 Å². The molecule has 0 radical (unpaired) electrons. The van der Waals surface area contributed by atoms with E-state index in [2.05, 4.69) is 17.4 Å². The highest BCUT2D eigenvalue weighted by molar-refractivity contribution is 7.84. The van der Waals surface area contributed by atoms with Crippen LogP contribution >= 0.6 is 0 Å². The van der Waals surface area contributed by atoms with Gasteiger partial charge in [-0.2, -0.15) is 0 Å². The molecular weight excluding hydrogens is 246 g/mol. The van der Waals surface area contributed by atoms with E-state index in [9.17, 15) is 4.21 Å². The summed E-state index contributed by atoms with van der Waals surface area (Å²) in [4.78, 5) is 0. The first kappa shape index (κ1) is 13.6. The summed E-state index contributed by atoms with van der Waals surface area (Å²) in [5, 5.41) is 3.71. The van der Waals surface area contributed by atoms with Crippen molar-refractivity contribution in [2.45, 2.75) is 24.5 Å². The zero-order valence-corrected chi connectivity index (χ0v) is 11.8. The Morgan fingerprint density at radius 2 is 2.28 bits per heavy atom. The molecule has 1 aliphatic heterocycles. The lowest BCUT2D eigenvalue weighted by Gasteiger charge is -2.12. The van der Waals surface area contributed by atoms with Crippen LogP contribution < -0.4 is 10.1 Å². The maximum absolute atomic E-state index is 11.2. The Morgan fingerprint density at radius 1 is 1.50 bits per heavy atom. The molecular formula is C14H21NO2S. The van der Waals surface area contributed by atoms with Crippen molar-refractivity contribution in [1.29, 1.82) is 0 Å². The molecule has 0 aromatic heterocycles. The minimum Gasteiger partial charge on any atom is -0.493 e. The average molecular weight is 267 g/mol. The molecule has 3 nitrogen and oxygen atoms in total. The second-order valence-corrected chi connectivity index (χ2v) is 6.65. The van der Waals surface area contributed by atoms with E-state index in [0.29, 0.717) is 5.92 Å². The first-order valence-electron chi connectivity index (χ1n) is 6.43. The lowest BCUT2D eigenvalue weighted by Crippen LogP contribution is -2.26. The van der Waals surface area contributed by atoms with Gasteiger partial charge in [0.05, 0.1) is 6.61 Å². The molecule has 0 saturated carbocycles. The van der Waals surface area contributed by atoms with Gasteiger partial charge in [-0.1, -0.05) is 25.1 Å². The zero-order valence-electron chi connectivity index (χ0n) is 11.0. The monoisotopic (exact) mass is 267 g/mol. The number of hydrogen-bond donors (Lipinski definition) is 1. The van der Waals surface area contributed by atoms with Crippen molar-refractivity contribution >= 4 is 10.8 Å². The van der Waals surface area contributed by atoms with Crippen LogP contribution in [0, 0.1) is 0 Å². The molecule has 1 aromatic rings. The van der Waals surface area contributed by atoms with Gasteiger partial charge < -0.3 is 10.1 Å². The molecule has 0 spiro atoms. The van der Waals surface area contributed by atoms with Gasteiger partial charge in [0.15, 0.2) is 0 Å². The van der Waals surface area contributed by atoms with Gasteiger partial charge in [-0.15, -0.1) is 0 Å².